The summed E-state index contributed by atoms with van der Waals surface area (Å²) in [5, 5.41) is 4.87. The van der Waals surface area contributed by atoms with Crippen molar-refractivity contribution in [2.75, 3.05) is 0 Å². The second kappa shape index (κ2) is 5.83. The van der Waals surface area contributed by atoms with Gasteiger partial charge in [-0.1, -0.05) is 34.6 Å². The van der Waals surface area contributed by atoms with Gasteiger partial charge in [-0.3, -0.25) is 19.7 Å². The highest BCUT2D eigenvalue weighted by atomic mass is 32.1. The van der Waals surface area contributed by atoms with Gasteiger partial charge in [0.15, 0.2) is 0 Å². The lowest BCUT2D eigenvalue weighted by Gasteiger charge is -2.15. The van der Waals surface area contributed by atoms with Crippen LogP contribution in [0.5, 0.6) is 0 Å². The Morgan fingerprint density at radius 1 is 1.36 bits per heavy atom. The largest absolute Gasteiger partial charge is 0.340 e. The lowest BCUT2D eigenvalue weighted by Crippen LogP contribution is -2.40. The van der Waals surface area contributed by atoms with Crippen LogP contribution in [-0.2, 0) is 15.0 Å². The minimum absolute atomic E-state index is 0.0118. The van der Waals surface area contributed by atoms with E-state index in [0.29, 0.717) is 5.56 Å². The zero-order chi connectivity index (χ0) is 16.7. The van der Waals surface area contributed by atoms with Crippen LogP contribution < -0.4 is 10.6 Å². The molecule has 0 bridgehead atoms. The molecule has 1 saturated heterocycles. The third-order valence-electron chi connectivity index (χ3n) is 3.54. The van der Waals surface area contributed by atoms with Crippen LogP contribution in [-0.4, -0.2) is 23.8 Å². The molecule has 0 aliphatic carbocycles. The van der Waals surface area contributed by atoms with Crippen molar-refractivity contribution in [3.8, 4) is 0 Å². The molecule has 22 heavy (non-hydrogen) atoms. The highest BCUT2D eigenvalue weighted by Gasteiger charge is 2.33. The summed E-state index contributed by atoms with van der Waals surface area (Å²) < 4.78 is 0. The van der Waals surface area contributed by atoms with Gasteiger partial charge in [0.1, 0.15) is 6.04 Å². The topological polar surface area (TPSA) is 75.3 Å². The molecule has 1 aromatic heterocycles. The summed E-state index contributed by atoms with van der Waals surface area (Å²) in [5.74, 6) is -0.845. The predicted molar refractivity (Wildman–Crippen MR) is 86.1 cm³/mol. The minimum Gasteiger partial charge on any atom is -0.340 e. The van der Waals surface area contributed by atoms with Gasteiger partial charge in [0.05, 0.1) is 12.0 Å². The van der Waals surface area contributed by atoms with Crippen LogP contribution >= 0.6 is 11.3 Å². The number of amides is 3. The average molecular weight is 322 g/mol. The maximum Gasteiger partial charge on any atom is 0.253 e. The van der Waals surface area contributed by atoms with Crippen LogP contribution in [0.4, 0.5) is 0 Å². The Morgan fingerprint density at radius 3 is 2.45 bits per heavy atom. The first-order valence-electron chi connectivity index (χ1n) is 7.38. The van der Waals surface area contributed by atoms with Crippen LogP contribution in [0, 0.1) is 0 Å². The van der Waals surface area contributed by atoms with Crippen molar-refractivity contribution < 1.29 is 14.4 Å². The summed E-state index contributed by atoms with van der Waals surface area (Å²) in [4.78, 5) is 37.5. The van der Waals surface area contributed by atoms with Gasteiger partial charge < -0.3 is 5.32 Å². The van der Waals surface area contributed by atoms with Gasteiger partial charge in [-0.25, -0.2) is 0 Å². The van der Waals surface area contributed by atoms with E-state index in [1.807, 2.05) is 19.9 Å². The molecule has 0 radical (unpaired) electrons. The Kier molecular flexibility index (Phi) is 4.42. The van der Waals surface area contributed by atoms with E-state index in [0.717, 1.165) is 9.75 Å². The van der Waals surface area contributed by atoms with Gasteiger partial charge in [-0.15, -0.1) is 11.3 Å². The van der Waals surface area contributed by atoms with Crippen molar-refractivity contribution in [3.05, 3.63) is 21.4 Å². The highest BCUT2D eigenvalue weighted by molar-refractivity contribution is 7.12. The molecule has 0 aromatic carbocycles. The van der Waals surface area contributed by atoms with Gasteiger partial charge in [-0.05, 0) is 17.4 Å². The van der Waals surface area contributed by atoms with E-state index in [-0.39, 0.29) is 29.6 Å². The monoisotopic (exact) mass is 322 g/mol. The third kappa shape index (κ3) is 3.38. The maximum absolute atomic E-state index is 12.5. The van der Waals surface area contributed by atoms with Crippen molar-refractivity contribution >= 4 is 29.1 Å². The SMILES string of the molecule is CC(C)c1sc(C(C)(C)C)cc1C(=O)NC1CC(=O)NC1=O. The predicted octanol–water partition coefficient (Wildman–Crippen LogP) is 2.31. The maximum atomic E-state index is 12.5. The molecule has 1 unspecified atom stereocenters. The Bertz CT molecular complexity index is 626. The summed E-state index contributed by atoms with van der Waals surface area (Å²) in [6, 6.07) is 1.14. The lowest BCUT2D eigenvalue weighted by atomic mass is 9.93. The third-order valence-corrected chi connectivity index (χ3v) is 5.40. The van der Waals surface area contributed by atoms with Crippen molar-refractivity contribution in [1.29, 1.82) is 0 Å². The average Bonchev–Trinajstić information content (AvgIpc) is 2.93. The van der Waals surface area contributed by atoms with E-state index in [1.54, 1.807) is 11.3 Å². The first-order valence-corrected chi connectivity index (χ1v) is 8.20. The minimum atomic E-state index is -0.766. The van der Waals surface area contributed by atoms with Gasteiger partial charge in [-0.2, -0.15) is 0 Å². The first kappa shape index (κ1) is 16.7. The summed E-state index contributed by atoms with van der Waals surface area (Å²) in [7, 11) is 0. The van der Waals surface area contributed by atoms with E-state index < -0.39 is 11.9 Å². The lowest BCUT2D eigenvalue weighted by molar-refractivity contribution is -0.125. The summed E-state index contributed by atoms with van der Waals surface area (Å²) >= 11 is 1.63. The Labute approximate surface area is 134 Å². The van der Waals surface area contributed by atoms with Crippen molar-refractivity contribution in [2.24, 2.45) is 0 Å². The quantitative estimate of drug-likeness (QED) is 0.839. The fourth-order valence-corrected chi connectivity index (χ4v) is 3.50. The van der Waals surface area contributed by atoms with Crippen LogP contribution in [0.2, 0.25) is 0 Å². The number of nitrogens with one attached hydrogen (secondary N) is 2. The van der Waals surface area contributed by atoms with E-state index in [9.17, 15) is 14.4 Å². The van der Waals surface area contributed by atoms with Crippen LogP contribution in [0.25, 0.3) is 0 Å². The second-order valence-corrected chi connectivity index (χ2v) is 8.02. The fourth-order valence-electron chi connectivity index (χ4n) is 2.29. The molecule has 0 spiro atoms. The number of imide groups is 1. The zero-order valence-electron chi connectivity index (χ0n) is 13.6. The smallest absolute Gasteiger partial charge is 0.253 e. The van der Waals surface area contributed by atoms with Gasteiger partial charge >= 0.3 is 0 Å². The molecule has 6 heteroatoms. The molecule has 1 aromatic rings. The standard InChI is InChI=1S/C16H22N2O3S/c1-8(2)13-9(6-11(22-13)16(3,4)5)14(20)17-10-7-12(19)18-15(10)21/h6,8,10H,7H2,1-5H3,(H,17,20)(H,18,19,21). The summed E-state index contributed by atoms with van der Waals surface area (Å²) in [6.07, 6.45) is 0.0118. The van der Waals surface area contributed by atoms with Crippen molar-refractivity contribution in [3.63, 3.8) is 0 Å². The Hall–Kier alpha value is -1.69. The summed E-state index contributed by atoms with van der Waals surface area (Å²) in [6.45, 7) is 10.4. The molecule has 2 N–H and O–H groups in total. The molecule has 1 atom stereocenters. The Balaban J connectivity index is 2.27. The van der Waals surface area contributed by atoms with E-state index in [1.165, 1.54) is 0 Å². The summed E-state index contributed by atoms with van der Waals surface area (Å²) in [5.41, 5.74) is 0.574. The van der Waals surface area contributed by atoms with Crippen LogP contribution in [0.1, 0.15) is 67.1 Å². The number of carbonyl (C=O) groups is 3. The van der Waals surface area contributed by atoms with E-state index >= 15 is 0 Å². The molecule has 1 aliphatic rings. The Morgan fingerprint density at radius 2 is 2.00 bits per heavy atom. The van der Waals surface area contributed by atoms with Gasteiger partial charge in [0, 0.05) is 9.75 Å². The molecular formula is C16H22N2O3S. The molecule has 120 valence electrons. The molecule has 1 fully saturated rings. The number of hydrogen-bond donors (Lipinski definition) is 2. The molecule has 2 rings (SSSR count). The number of thiophene rings is 1. The van der Waals surface area contributed by atoms with Crippen molar-refractivity contribution in [2.45, 2.75) is 58.4 Å². The van der Waals surface area contributed by atoms with Crippen LogP contribution in [0.3, 0.4) is 0 Å². The number of carbonyl (C=O) groups excluding carboxylic acids is 3. The van der Waals surface area contributed by atoms with E-state index in [2.05, 4.69) is 31.4 Å². The first-order chi connectivity index (χ1) is 10.1. The molecule has 3 amide bonds. The molecule has 1 aliphatic heterocycles. The fraction of sp³-hybridized carbons (Fsp3) is 0.562. The normalized spacial score (nSPS) is 18.7. The number of hydrogen-bond acceptors (Lipinski definition) is 4. The van der Waals surface area contributed by atoms with Gasteiger partial charge in [0.25, 0.3) is 5.91 Å². The number of rotatable bonds is 3. The van der Waals surface area contributed by atoms with Crippen LogP contribution in [0.15, 0.2) is 6.07 Å². The van der Waals surface area contributed by atoms with Crippen molar-refractivity contribution in [1.82, 2.24) is 10.6 Å². The second-order valence-electron chi connectivity index (χ2n) is 6.94. The molecule has 2 heterocycles. The molecule has 5 nitrogen and oxygen atoms in total. The zero-order valence-corrected chi connectivity index (χ0v) is 14.4. The van der Waals surface area contributed by atoms with Gasteiger partial charge in [0.2, 0.25) is 11.8 Å². The van der Waals surface area contributed by atoms with E-state index in [4.69, 9.17) is 0 Å². The molecular weight excluding hydrogens is 300 g/mol. The molecule has 0 saturated carbocycles. The highest BCUT2D eigenvalue weighted by Crippen LogP contribution is 2.36.